The van der Waals surface area contributed by atoms with E-state index < -0.39 is 0 Å². The van der Waals surface area contributed by atoms with Gasteiger partial charge in [-0.15, -0.1) is 0 Å². The third-order valence-corrected chi connectivity index (χ3v) is 8.71. The van der Waals surface area contributed by atoms with Crippen molar-refractivity contribution < 1.29 is 0 Å². The lowest BCUT2D eigenvalue weighted by atomic mass is 9.67. The van der Waals surface area contributed by atoms with E-state index in [1.165, 1.54) is 67.2 Å². The third-order valence-electron chi connectivity index (χ3n) is 8.71. The molecule has 0 unspecified atom stereocenters. The molecule has 1 heteroatoms. The fraction of sp³-hybridized carbons (Fsp3) is 0.581. The van der Waals surface area contributed by atoms with Crippen LogP contribution in [-0.4, -0.2) is 0 Å². The summed E-state index contributed by atoms with van der Waals surface area (Å²) in [6, 6.07) is 21.4. The van der Waals surface area contributed by atoms with Crippen molar-refractivity contribution in [3.63, 3.8) is 0 Å². The van der Waals surface area contributed by atoms with Gasteiger partial charge in [0.2, 0.25) is 0 Å². The Morgan fingerprint density at radius 3 is 1.69 bits per heavy atom. The first kappa shape index (κ1) is 23.1. The largest absolute Gasteiger partial charge is 0.198 e. The monoisotopic (exact) mass is 427 g/mol. The molecule has 2 aromatic carbocycles. The van der Waals surface area contributed by atoms with Crippen LogP contribution in [0, 0.1) is 22.7 Å². The van der Waals surface area contributed by atoms with E-state index in [0.717, 1.165) is 43.9 Å². The van der Waals surface area contributed by atoms with Crippen molar-refractivity contribution in [1.82, 2.24) is 0 Å². The van der Waals surface area contributed by atoms with Gasteiger partial charge in [-0.3, -0.25) is 0 Å². The van der Waals surface area contributed by atoms with Crippen LogP contribution in [0.3, 0.4) is 0 Å². The van der Waals surface area contributed by atoms with Gasteiger partial charge >= 0.3 is 0 Å². The minimum atomic E-state index is -0.0516. The minimum absolute atomic E-state index is 0.0516. The highest BCUT2D eigenvalue weighted by Gasteiger charge is 2.35. The lowest BCUT2D eigenvalue weighted by molar-refractivity contribution is 0.224. The van der Waals surface area contributed by atoms with Crippen LogP contribution in [0.25, 0.3) is 11.1 Å². The highest BCUT2D eigenvalue weighted by atomic mass is 14.4. The van der Waals surface area contributed by atoms with E-state index >= 15 is 0 Å². The second kappa shape index (κ2) is 10.7. The first-order valence-corrected chi connectivity index (χ1v) is 13.3. The lowest BCUT2D eigenvalue weighted by Gasteiger charge is -2.35. The van der Waals surface area contributed by atoms with E-state index in [-0.39, 0.29) is 5.41 Å². The molecule has 0 N–H and O–H groups in total. The van der Waals surface area contributed by atoms with Crippen molar-refractivity contribution in [3.8, 4) is 17.2 Å². The molecule has 1 nitrogen and oxygen atoms in total. The number of hydrogen-bond donors (Lipinski definition) is 0. The fourth-order valence-corrected chi connectivity index (χ4v) is 6.24. The number of nitriles is 1. The normalized spacial score (nSPS) is 28.2. The predicted molar refractivity (Wildman–Crippen MR) is 136 cm³/mol. The number of unbranched alkanes of at least 4 members (excludes halogenated alkanes) is 1. The van der Waals surface area contributed by atoms with Crippen molar-refractivity contribution in [1.29, 1.82) is 5.26 Å². The Balaban J connectivity index is 1.35. The summed E-state index contributed by atoms with van der Waals surface area (Å²) in [5, 5.41) is 9.76. The molecule has 2 fully saturated rings. The topological polar surface area (TPSA) is 23.8 Å². The smallest absolute Gasteiger partial charge is 0.0689 e. The molecule has 0 aromatic heterocycles. The molecule has 0 atom stereocenters. The van der Waals surface area contributed by atoms with E-state index in [4.69, 9.17) is 0 Å². The molecule has 4 rings (SSSR count). The van der Waals surface area contributed by atoms with Gasteiger partial charge < -0.3 is 0 Å². The molecular weight excluding hydrogens is 386 g/mol. The van der Waals surface area contributed by atoms with Crippen LogP contribution in [0.5, 0.6) is 0 Å². The summed E-state index contributed by atoms with van der Waals surface area (Å²) in [5.74, 6) is 2.34. The van der Waals surface area contributed by atoms with E-state index in [2.05, 4.69) is 68.4 Å². The van der Waals surface area contributed by atoms with E-state index in [9.17, 15) is 5.26 Å². The van der Waals surface area contributed by atoms with Gasteiger partial charge in [-0.2, -0.15) is 5.26 Å². The Hall–Kier alpha value is -2.07. The van der Waals surface area contributed by atoms with E-state index in [1.807, 2.05) is 0 Å². The zero-order valence-corrected chi connectivity index (χ0v) is 20.3. The minimum Gasteiger partial charge on any atom is -0.198 e. The zero-order valence-electron chi connectivity index (χ0n) is 20.3. The van der Waals surface area contributed by atoms with Gasteiger partial charge in [0.15, 0.2) is 0 Å². The molecule has 0 amide bonds. The fourth-order valence-electron chi connectivity index (χ4n) is 6.24. The maximum Gasteiger partial charge on any atom is 0.0689 e. The van der Waals surface area contributed by atoms with E-state index in [0.29, 0.717) is 5.92 Å². The maximum atomic E-state index is 9.76. The summed E-state index contributed by atoms with van der Waals surface area (Å²) in [5.41, 5.74) is 5.59. The summed E-state index contributed by atoms with van der Waals surface area (Å²) < 4.78 is 0. The van der Waals surface area contributed by atoms with Crippen LogP contribution in [-0.2, 0) is 0 Å². The van der Waals surface area contributed by atoms with Crippen LogP contribution in [0.4, 0.5) is 0 Å². The molecule has 0 heterocycles. The van der Waals surface area contributed by atoms with Gasteiger partial charge in [-0.05, 0) is 97.8 Å². The average Bonchev–Trinajstić information content (AvgIpc) is 2.88. The van der Waals surface area contributed by atoms with Crippen molar-refractivity contribution in [2.24, 2.45) is 11.3 Å². The first-order chi connectivity index (χ1) is 15.7. The van der Waals surface area contributed by atoms with Crippen molar-refractivity contribution in [2.45, 2.75) is 103 Å². The van der Waals surface area contributed by atoms with E-state index in [1.54, 1.807) is 0 Å². The number of rotatable bonds is 7. The molecule has 170 valence electrons. The highest BCUT2D eigenvalue weighted by Crippen LogP contribution is 2.46. The molecule has 0 aliphatic heterocycles. The zero-order chi connectivity index (χ0) is 22.4. The van der Waals surface area contributed by atoms with Crippen LogP contribution in [0.15, 0.2) is 48.5 Å². The van der Waals surface area contributed by atoms with Crippen molar-refractivity contribution in [2.75, 3.05) is 0 Å². The molecular formula is C31H41N. The van der Waals surface area contributed by atoms with Crippen LogP contribution in [0.2, 0.25) is 0 Å². The Bertz CT molecular complexity index is 870. The molecule has 2 aromatic rings. The Labute approximate surface area is 196 Å². The van der Waals surface area contributed by atoms with Gasteiger partial charge in [-0.1, -0.05) is 81.6 Å². The predicted octanol–water partition coefficient (Wildman–Crippen LogP) is 9.40. The molecule has 0 radical (unpaired) electrons. The van der Waals surface area contributed by atoms with Gasteiger partial charge in [-0.25, -0.2) is 0 Å². The maximum absolute atomic E-state index is 9.76. The van der Waals surface area contributed by atoms with Gasteiger partial charge in [0.05, 0.1) is 11.5 Å². The van der Waals surface area contributed by atoms with Crippen molar-refractivity contribution in [3.05, 3.63) is 59.7 Å². The molecule has 2 saturated carbocycles. The first-order valence-electron chi connectivity index (χ1n) is 13.3. The van der Waals surface area contributed by atoms with Gasteiger partial charge in [0.25, 0.3) is 0 Å². The summed E-state index contributed by atoms with van der Waals surface area (Å²) in [7, 11) is 0. The molecule has 2 aliphatic carbocycles. The van der Waals surface area contributed by atoms with Gasteiger partial charge in [0, 0.05) is 0 Å². The lowest BCUT2D eigenvalue weighted by Crippen LogP contribution is -2.25. The summed E-state index contributed by atoms with van der Waals surface area (Å²) in [6.07, 6.45) is 14.8. The molecule has 0 bridgehead atoms. The van der Waals surface area contributed by atoms with Crippen LogP contribution >= 0.6 is 0 Å². The number of nitrogens with zero attached hydrogens (tertiary/aromatic N) is 1. The van der Waals surface area contributed by atoms with Crippen LogP contribution < -0.4 is 0 Å². The highest BCUT2D eigenvalue weighted by molar-refractivity contribution is 5.64. The third kappa shape index (κ3) is 5.28. The standard InChI is InChI=1S/C31H41N/c1-3-5-20-31(23-32)21-18-30(19-22-31)29-16-14-28(15-17-29)27-12-10-26(11-13-27)25-8-6-24(4-2)7-9-25/h10-17,24-25,30H,3-9,18-22H2,1-2H3. The quantitative estimate of drug-likeness (QED) is 0.431. The number of hydrogen-bond acceptors (Lipinski definition) is 1. The molecule has 0 saturated heterocycles. The van der Waals surface area contributed by atoms with Crippen molar-refractivity contribution >= 4 is 0 Å². The van der Waals surface area contributed by atoms with Crippen LogP contribution in [0.1, 0.15) is 114 Å². The average molecular weight is 428 g/mol. The Morgan fingerprint density at radius 1 is 0.750 bits per heavy atom. The summed E-state index contributed by atoms with van der Waals surface area (Å²) >= 11 is 0. The molecule has 32 heavy (non-hydrogen) atoms. The second-order valence-corrected chi connectivity index (χ2v) is 10.6. The number of benzene rings is 2. The van der Waals surface area contributed by atoms with Gasteiger partial charge in [0.1, 0.15) is 0 Å². The summed E-state index contributed by atoms with van der Waals surface area (Å²) in [6.45, 7) is 4.57. The molecule has 2 aliphatic rings. The molecule has 0 spiro atoms. The SMILES string of the molecule is CCCCC1(C#N)CCC(c2ccc(-c3ccc(C4CCC(CC)CC4)cc3)cc2)CC1. The Morgan fingerprint density at radius 2 is 1.25 bits per heavy atom. The Kier molecular flexibility index (Phi) is 7.72. The second-order valence-electron chi connectivity index (χ2n) is 10.6. The summed E-state index contributed by atoms with van der Waals surface area (Å²) in [4.78, 5) is 0.